The number of nitrogens with zero attached hydrogens (tertiary/aromatic N) is 4. The molecule has 0 aliphatic heterocycles. The largest absolute Gasteiger partial charge is 0.408 e. The molecule has 32 heavy (non-hydrogen) atoms. The number of halogens is 5. The number of hydrogen-bond acceptors (Lipinski definition) is 4. The molecular formula is C21H18F5N5O. The third-order valence-corrected chi connectivity index (χ3v) is 4.74. The van der Waals surface area contributed by atoms with Gasteiger partial charge in [-0.05, 0) is 24.6 Å². The lowest BCUT2D eigenvalue weighted by atomic mass is 9.99. The minimum atomic E-state index is -4.42. The Balaban J connectivity index is 1.71. The van der Waals surface area contributed by atoms with Crippen LogP contribution in [0.4, 0.5) is 22.0 Å². The van der Waals surface area contributed by atoms with E-state index in [2.05, 4.69) is 15.4 Å². The second-order valence-electron chi connectivity index (χ2n) is 7.43. The third-order valence-electron chi connectivity index (χ3n) is 4.74. The number of benzene rings is 1. The smallest absolute Gasteiger partial charge is 0.348 e. The van der Waals surface area contributed by atoms with E-state index in [-0.39, 0.29) is 17.5 Å². The monoisotopic (exact) mass is 451 g/mol. The average molecular weight is 451 g/mol. The molecule has 0 spiro atoms. The highest BCUT2D eigenvalue weighted by Crippen LogP contribution is 2.30. The van der Waals surface area contributed by atoms with Crippen molar-refractivity contribution in [2.45, 2.75) is 45.0 Å². The van der Waals surface area contributed by atoms with Crippen LogP contribution in [0.2, 0.25) is 0 Å². The molecule has 0 unspecified atom stereocenters. The van der Waals surface area contributed by atoms with E-state index in [0.29, 0.717) is 23.6 Å². The molecule has 6 nitrogen and oxygen atoms in total. The molecule has 0 radical (unpaired) electrons. The van der Waals surface area contributed by atoms with Crippen molar-refractivity contribution in [2.24, 2.45) is 0 Å². The number of hydrogen-bond donors (Lipinski definition) is 1. The maximum Gasteiger partial charge on any atom is 0.408 e. The van der Waals surface area contributed by atoms with Crippen molar-refractivity contribution in [1.29, 1.82) is 5.26 Å². The summed E-state index contributed by atoms with van der Waals surface area (Å²) in [4.78, 5) is 16.5. The molecule has 168 valence electrons. The Morgan fingerprint density at radius 1 is 1.22 bits per heavy atom. The van der Waals surface area contributed by atoms with E-state index in [0.717, 1.165) is 10.7 Å². The van der Waals surface area contributed by atoms with E-state index in [1.165, 1.54) is 30.6 Å². The number of pyridine rings is 1. The molecule has 0 aliphatic carbocycles. The van der Waals surface area contributed by atoms with Crippen molar-refractivity contribution in [2.75, 3.05) is 0 Å². The second-order valence-corrected chi connectivity index (χ2v) is 7.43. The molecule has 0 aliphatic rings. The van der Waals surface area contributed by atoms with Gasteiger partial charge in [0.2, 0.25) is 5.91 Å². The molecule has 1 atom stereocenters. The molecule has 1 N–H and O–H groups in total. The molecule has 2 heterocycles. The highest BCUT2D eigenvalue weighted by atomic mass is 19.4. The van der Waals surface area contributed by atoms with E-state index in [9.17, 15) is 26.7 Å². The van der Waals surface area contributed by atoms with Gasteiger partial charge < -0.3 is 5.32 Å². The van der Waals surface area contributed by atoms with Crippen LogP contribution in [0.15, 0.2) is 36.7 Å². The summed E-state index contributed by atoms with van der Waals surface area (Å²) in [6, 6.07) is 6.40. The van der Waals surface area contributed by atoms with Crippen LogP contribution in [0.5, 0.6) is 0 Å². The predicted octanol–water partition coefficient (Wildman–Crippen LogP) is 4.40. The number of nitriles is 1. The van der Waals surface area contributed by atoms with Crippen LogP contribution >= 0.6 is 0 Å². The fourth-order valence-corrected chi connectivity index (χ4v) is 3.26. The van der Waals surface area contributed by atoms with E-state index in [1.807, 2.05) is 0 Å². The number of amides is 1. The van der Waals surface area contributed by atoms with Crippen LogP contribution in [0, 0.1) is 11.3 Å². The van der Waals surface area contributed by atoms with Gasteiger partial charge in [0.1, 0.15) is 6.54 Å². The summed E-state index contributed by atoms with van der Waals surface area (Å²) in [5.74, 6) is -3.62. The number of alkyl halides is 5. The normalized spacial score (nSPS) is 13.1. The summed E-state index contributed by atoms with van der Waals surface area (Å²) < 4.78 is 65.8. The minimum Gasteiger partial charge on any atom is -0.348 e. The highest BCUT2D eigenvalue weighted by Gasteiger charge is 2.29. The summed E-state index contributed by atoms with van der Waals surface area (Å²) >= 11 is 0. The van der Waals surface area contributed by atoms with Crippen molar-refractivity contribution in [3.8, 4) is 6.07 Å². The standard InChI is InChI=1S/C21H18F5N5O/c1-12(17-7-15-9-29-31(11-21(24,25)26)18(15)10-28-17)30-19(32)6-13-3-4-16(20(2,22)23)14(5-13)8-27/h3-5,7,9-10,12H,6,11H2,1-2H3,(H,30,32)/t12-/m1/s1. The molecule has 11 heteroatoms. The van der Waals surface area contributed by atoms with Crippen LogP contribution in [0.1, 0.15) is 42.3 Å². The van der Waals surface area contributed by atoms with Gasteiger partial charge in [-0.3, -0.25) is 14.5 Å². The maximum absolute atomic E-state index is 13.6. The fraction of sp³-hybridized carbons (Fsp3) is 0.333. The van der Waals surface area contributed by atoms with Gasteiger partial charge >= 0.3 is 6.18 Å². The molecule has 0 bridgehead atoms. The third kappa shape index (κ3) is 5.38. The molecule has 0 fully saturated rings. The van der Waals surface area contributed by atoms with Gasteiger partial charge in [-0.25, -0.2) is 8.78 Å². The van der Waals surface area contributed by atoms with Gasteiger partial charge in [0.25, 0.3) is 5.92 Å². The Bertz CT molecular complexity index is 1190. The van der Waals surface area contributed by atoms with Gasteiger partial charge in [0.05, 0.1) is 47.7 Å². The quantitative estimate of drug-likeness (QED) is 0.564. The van der Waals surface area contributed by atoms with E-state index >= 15 is 0 Å². The first-order valence-electron chi connectivity index (χ1n) is 9.46. The van der Waals surface area contributed by atoms with Crippen molar-refractivity contribution >= 4 is 16.8 Å². The number of rotatable bonds is 6. The Labute approximate surface area is 179 Å². The first kappa shape index (κ1) is 23.1. The highest BCUT2D eigenvalue weighted by molar-refractivity contribution is 5.80. The minimum absolute atomic E-state index is 0.152. The van der Waals surface area contributed by atoms with Crippen molar-refractivity contribution in [3.63, 3.8) is 0 Å². The van der Waals surface area contributed by atoms with E-state index in [1.54, 1.807) is 13.0 Å². The topological polar surface area (TPSA) is 83.6 Å². The summed E-state index contributed by atoms with van der Waals surface area (Å²) in [6.07, 6.45) is -2.03. The van der Waals surface area contributed by atoms with Crippen LogP contribution in [-0.2, 0) is 23.7 Å². The number of nitrogens with one attached hydrogen (secondary N) is 1. The molecule has 1 aromatic carbocycles. The van der Waals surface area contributed by atoms with Gasteiger partial charge in [0.15, 0.2) is 0 Å². The average Bonchev–Trinajstić information content (AvgIpc) is 3.07. The molecule has 2 aromatic heterocycles. The Morgan fingerprint density at radius 2 is 1.94 bits per heavy atom. The van der Waals surface area contributed by atoms with Gasteiger partial charge in [-0.1, -0.05) is 12.1 Å². The number of fused-ring (bicyclic) bond motifs is 1. The summed E-state index contributed by atoms with van der Waals surface area (Å²) in [5, 5.41) is 16.0. The summed E-state index contributed by atoms with van der Waals surface area (Å²) in [7, 11) is 0. The second kappa shape index (κ2) is 8.53. The van der Waals surface area contributed by atoms with Crippen LogP contribution in [0.25, 0.3) is 10.9 Å². The maximum atomic E-state index is 13.6. The van der Waals surface area contributed by atoms with Gasteiger partial charge in [-0.15, -0.1) is 0 Å². The van der Waals surface area contributed by atoms with Crippen LogP contribution in [0.3, 0.4) is 0 Å². The Morgan fingerprint density at radius 3 is 2.56 bits per heavy atom. The summed E-state index contributed by atoms with van der Waals surface area (Å²) in [6.45, 7) is 1.10. The lowest BCUT2D eigenvalue weighted by Gasteiger charge is -2.15. The van der Waals surface area contributed by atoms with Crippen LogP contribution in [-0.4, -0.2) is 26.8 Å². The van der Waals surface area contributed by atoms with E-state index in [4.69, 9.17) is 5.26 Å². The summed E-state index contributed by atoms with van der Waals surface area (Å²) in [5.41, 5.74) is 0.383. The molecule has 1 amide bonds. The zero-order valence-electron chi connectivity index (χ0n) is 17.0. The number of carbonyl (C=O) groups is 1. The first-order valence-corrected chi connectivity index (χ1v) is 9.46. The van der Waals surface area contributed by atoms with Gasteiger partial charge in [0, 0.05) is 17.9 Å². The number of carbonyl (C=O) groups excluding carboxylic acids is 1. The Hall–Kier alpha value is -3.55. The molecule has 0 saturated carbocycles. The fourth-order valence-electron chi connectivity index (χ4n) is 3.26. The molecule has 3 aromatic rings. The first-order chi connectivity index (χ1) is 14.9. The van der Waals surface area contributed by atoms with Crippen molar-refractivity contribution in [1.82, 2.24) is 20.1 Å². The SMILES string of the molecule is C[C@@H](NC(=O)Cc1ccc(C(C)(F)F)c(C#N)c1)c1cc2cnn(CC(F)(F)F)c2cn1. The molecule has 3 rings (SSSR count). The van der Waals surface area contributed by atoms with E-state index < -0.39 is 36.2 Å². The molecule has 0 saturated heterocycles. The zero-order valence-corrected chi connectivity index (χ0v) is 17.0. The van der Waals surface area contributed by atoms with Crippen molar-refractivity contribution < 1.29 is 26.7 Å². The Kier molecular flexibility index (Phi) is 6.16. The van der Waals surface area contributed by atoms with Crippen molar-refractivity contribution in [3.05, 3.63) is 59.0 Å². The van der Waals surface area contributed by atoms with Crippen LogP contribution < -0.4 is 5.32 Å². The zero-order chi connectivity index (χ0) is 23.7. The lowest BCUT2D eigenvalue weighted by Crippen LogP contribution is -2.28. The lowest BCUT2D eigenvalue weighted by molar-refractivity contribution is -0.141. The number of aromatic nitrogens is 3. The predicted molar refractivity (Wildman–Crippen MR) is 105 cm³/mol. The van der Waals surface area contributed by atoms with Gasteiger partial charge in [-0.2, -0.15) is 23.5 Å². The molecular weight excluding hydrogens is 433 g/mol.